The van der Waals surface area contributed by atoms with E-state index in [4.69, 9.17) is 4.74 Å². The van der Waals surface area contributed by atoms with Gasteiger partial charge in [0.2, 0.25) is 0 Å². The van der Waals surface area contributed by atoms with Gasteiger partial charge in [0.05, 0.1) is 23.6 Å². The number of nitrogens with zero attached hydrogens (tertiary/aromatic N) is 3. The van der Waals surface area contributed by atoms with Gasteiger partial charge in [0.1, 0.15) is 11.4 Å². The molecule has 2 fully saturated rings. The Morgan fingerprint density at radius 1 is 1.55 bits per heavy atom. The van der Waals surface area contributed by atoms with E-state index in [1.165, 1.54) is 0 Å². The van der Waals surface area contributed by atoms with Crippen molar-refractivity contribution < 1.29 is 9.53 Å². The topological polar surface area (TPSA) is 47.4 Å². The lowest BCUT2D eigenvalue weighted by atomic mass is 10.2. The van der Waals surface area contributed by atoms with Crippen LogP contribution in [0.1, 0.15) is 16.9 Å². The van der Waals surface area contributed by atoms with Crippen LogP contribution in [0.15, 0.2) is 23.6 Å². The largest absolute Gasteiger partial charge is 0.374 e. The Morgan fingerprint density at radius 2 is 2.45 bits per heavy atom. The highest BCUT2D eigenvalue weighted by molar-refractivity contribution is 7.13. The smallest absolute Gasteiger partial charge is 0.272 e. The van der Waals surface area contributed by atoms with Gasteiger partial charge in [0.15, 0.2) is 0 Å². The van der Waals surface area contributed by atoms with Crippen LogP contribution in [0.2, 0.25) is 0 Å². The van der Waals surface area contributed by atoms with Gasteiger partial charge in [-0.15, -0.1) is 11.3 Å². The lowest BCUT2D eigenvalue weighted by molar-refractivity contribution is 0.0252. The minimum Gasteiger partial charge on any atom is -0.374 e. The average molecular weight is 289 g/mol. The number of aromatic nitrogens is 2. The number of carbonyl (C=O) groups is 1. The molecule has 0 saturated carbocycles. The van der Waals surface area contributed by atoms with Crippen molar-refractivity contribution in [3.63, 3.8) is 0 Å². The number of thiophene rings is 1. The molecule has 0 aromatic carbocycles. The second kappa shape index (κ2) is 4.43. The molecule has 0 N–H and O–H groups in total. The SMILES string of the molecule is Cn1nc(-c2cccs2)cc1C(=O)N1C[C@H]2C[C@H]1CO2. The molecule has 2 aliphatic heterocycles. The zero-order valence-electron chi connectivity index (χ0n) is 11.2. The molecule has 0 aliphatic carbocycles. The van der Waals surface area contributed by atoms with Crippen LogP contribution >= 0.6 is 11.3 Å². The molecular formula is C14H15N3O2S. The Bertz CT molecular complexity index is 649. The minimum absolute atomic E-state index is 0.0682. The second-order valence-electron chi connectivity index (χ2n) is 5.32. The fourth-order valence-corrected chi connectivity index (χ4v) is 3.69. The Kier molecular flexibility index (Phi) is 2.68. The van der Waals surface area contributed by atoms with Gasteiger partial charge in [0.25, 0.3) is 5.91 Å². The summed E-state index contributed by atoms with van der Waals surface area (Å²) < 4.78 is 7.23. The number of rotatable bonds is 2. The molecule has 6 heteroatoms. The summed E-state index contributed by atoms with van der Waals surface area (Å²) in [6.07, 6.45) is 1.20. The Labute approximate surface area is 120 Å². The third-order valence-corrected chi connectivity index (χ3v) is 4.93. The highest BCUT2D eigenvalue weighted by Crippen LogP contribution is 2.30. The molecule has 0 radical (unpaired) electrons. The van der Waals surface area contributed by atoms with Crippen molar-refractivity contribution in [1.82, 2.24) is 14.7 Å². The molecule has 4 heterocycles. The molecule has 4 rings (SSSR count). The van der Waals surface area contributed by atoms with Crippen LogP contribution in [0.5, 0.6) is 0 Å². The van der Waals surface area contributed by atoms with Crippen molar-refractivity contribution >= 4 is 17.2 Å². The molecule has 1 amide bonds. The van der Waals surface area contributed by atoms with Crippen molar-refractivity contribution in [3.05, 3.63) is 29.3 Å². The van der Waals surface area contributed by atoms with Crippen LogP contribution in [-0.2, 0) is 11.8 Å². The third-order valence-electron chi connectivity index (χ3n) is 4.03. The van der Waals surface area contributed by atoms with Crippen molar-refractivity contribution in [2.75, 3.05) is 13.2 Å². The fraction of sp³-hybridized carbons (Fsp3) is 0.429. The molecule has 5 nitrogen and oxygen atoms in total. The number of fused-ring (bicyclic) bond motifs is 2. The number of hydrogen-bond acceptors (Lipinski definition) is 4. The van der Waals surface area contributed by atoms with Crippen LogP contribution < -0.4 is 0 Å². The van der Waals surface area contributed by atoms with E-state index in [0.717, 1.165) is 17.0 Å². The summed E-state index contributed by atoms with van der Waals surface area (Å²) in [6, 6.07) is 6.15. The van der Waals surface area contributed by atoms with E-state index in [0.29, 0.717) is 18.8 Å². The van der Waals surface area contributed by atoms with Crippen molar-refractivity contribution in [2.45, 2.75) is 18.6 Å². The van der Waals surface area contributed by atoms with Crippen molar-refractivity contribution in [2.24, 2.45) is 7.05 Å². The molecule has 0 spiro atoms. The molecule has 104 valence electrons. The number of hydrogen-bond donors (Lipinski definition) is 0. The lowest BCUT2D eigenvalue weighted by Gasteiger charge is -2.26. The van der Waals surface area contributed by atoms with Crippen LogP contribution in [0.25, 0.3) is 10.6 Å². The summed E-state index contributed by atoms with van der Waals surface area (Å²) in [5.41, 5.74) is 1.52. The van der Waals surface area contributed by atoms with Gasteiger partial charge in [-0.05, 0) is 23.9 Å². The van der Waals surface area contributed by atoms with Gasteiger partial charge in [-0.1, -0.05) is 6.07 Å². The molecule has 2 aromatic heterocycles. The quantitative estimate of drug-likeness (QED) is 0.846. The van der Waals surface area contributed by atoms with E-state index in [2.05, 4.69) is 5.10 Å². The Balaban J connectivity index is 1.64. The van der Waals surface area contributed by atoms with Crippen LogP contribution in [0.4, 0.5) is 0 Å². The minimum atomic E-state index is 0.0682. The van der Waals surface area contributed by atoms with E-state index >= 15 is 0 Å². The maximum absolute atomic E-state index is 12.7. The van der Waals surface area contributed by atoms with Crippen LogP contribution in [0, 0.1) is 0 Å². The standard InChI is InChI=1S/C14H15N3O2S/c1-16-12(6-11(15-16)13-3-2-4-20-13)14(18)17-7-10-5-9(17)8-19-10/h2-4,6,9-10H,5,7-8H2,1H3/t9-,10+/m0/s1. The van der Waals surface area contributed by atoms with Gasteiger partial charge < -0.3 is 9.64 Å². The number of aryl methyl sites for hydroxylation is 1. The van der Waals surface area contributed by atoms with E-state index in [-0.39, 0.29) is 18.1 Å². The van der Waals surface area contributed by atoms with Gasteiger partial charge >= 0.3 is 0 Å². The van der Waals surface area contributed by atoms with E-state index < -0.39 is 0 Å². The summed E-state index contributed by atoms with van der Waals surface area (Å²) in [4.78, 5) is 15.7. The third kappa shape index (κ3) is 1.79. The van der Waals surface area contributed by atoms with Crippen LogP contribution in [0.3, 0.4) is 0 Å². The first-order valence-electron chi connectivity index (χ1n) is 6.73. The number of ether oxygens (including phenoxy) is 1. The van der Waals surface area contributed by atoms with Gasteiger partial charge in [0, 0.05) is 13.6 Å². The first kappa shape index (κ1) is 12.1. The van der Waals surface area contributed by atoms with E-state index in [1.807, 2.05) is 35.5 Å². The first-order chi connectivity index (χ1) is 9.72. The zero-order valence-corrected chi connectivity index (χ0v) is 12.0. The van der Waals surface area contributed by atoms with Crippen molar-refractivity contribution in [1.29, 1.82) is 0 Å². The normalized spacial score (nSPS) is 24.6. The molecule has 0 unspecified atom stereocenters. The molecule has 2 saturated heterocycles. The Hall–Kier alpha value is -1.66. The predicted octanol–water partition coefficient (Wildman–Crippen LogP) is 1.76. The average Bonchev–Trinajstić information content (AvgIpc) is 3.21. The fourth-order valence-electron chi connectivity index (χ4n) is 3.01. The molecule has 2 atom stereocenters. The summed E-state index contributed by atoms with van der Waals surface area (Å²) in [5.74, 6) is 0.0682. The first-order valence-corrected chi connectivity index (χ1v) is 7.61. The highest BCUT2D eigenvalue weighted by atomic mass is 32.1. The lowest BCUT2D eigenvalue weighted by Crippen LogP contribution is -2.42. The summed E-state index contributed by atoms with van der Waals surface area (Å²) in [7, 11) is 1.83. The zero-order chi connectivity index (χ0) is 13.7. The highest BCUT2D eigenvalue weighted by Gasteiger charge is 2.42. The summed E-state index contributed by atoms with van der Waals surface area (Å²) >= 11 is 1.63. The summed E-state index contributed by atoms with van der Waals surface area (Å²) in [5, 5.41) is 6.47. The predicted molar refractivity (Wildman–Crippen MR) is 75.7 cm³/mol. The maximum Gasteiger partial charge on any atom is 0.272 e. The van der Waals surface area contributed by atoms with Crippen LogP contribution in [-0.4, -0.2) is 45.9 Å². The maximum atomic E-state index is 12.7. The summed E-state index contributed by atoms with van der Waals surface area (Å²) in [6.45, 7) is 1.38. The molecule has 2 bridgehead atoms. The molecular weight excluding hydrogens is 274 g/mol. The Morgan fingerprint density at radius 3 is 3.10 bits per heavy atom. The number of amides is 1. The van der Waals surface area contributed by atoms with Gasteiger partial charge in [-0.25, -0.2) is 0 Å². The van der Waals surface area contributed by atoms with Crippen molar-refractivity contribution in [3.8, 4) is 10.6 Å². The van der Waals surface area contributed by atoms with E-state index in [9.17, 15) is 4.79 Å². The molecule has 2 aromatic rings. The van der Waals surface area contributed by atoms with Gasteiger partial charge in [-0.3, -0.25) is 9.48 Å². The molecule has 2 aliphatic rings. The van der Waals surface area contributed by atoms with E-state index in [1.54, 1.807) is 16.0 Å². The monoisotopic (exact) mass is 289 g/mol. The number of morpholine rings is 1. The second-order valence-corrected chi connectivity index (χ2v) is 6.27. The number of carbonyl (C=O) groups excluding carboxylic acids is 1. The molecule has 20 heavy (non-hydrogen) atoms. The van der Waals surface area contributed by atoms with Gasteiger partial charge in [-0.2, -0.15) is 5.10 Å². The number of likely N-dealkylation sites (tertiary alicyclic amines) is 1.